The zero-order valence-corrected chi connectivity index (χ0v) is 19.4. The van der Waals surface area contributed by atoms with Gasteiger partial charge >= 0.3 is 0 Å². The smallest absolute Gasteiger partial charge is 0.191 e. The molecular formula is C19H32IN3O2S. The average Bonchev–Trinajstić information content (AvgIpc) is 3.07. The molecule has 2 rings (SSSR count). The molecule has 0 radical (unpaired) electrons. The van der Waals surface area contributed by atoms with Crippen molar-refractivity contribution in [3.63, 3.8) is 0 Å². The second kappa shape index (κ2) is 11.8. The van der Waals surface area contributed by atoms with Crippen molar-refractivity contribution in [1.29, 1.82) is 0 Å². The van der Waals surface area contributed by atoms with E-state index in [1.165, 1.54) is 24.2 Å². The number of thioether (sulfide) groups is 1. The highest BCUT2D eigenvalue weighted by molar-refractivity contribution is 14.0. The molecule has 7 heteroatoms. The first-order chi connectivity index (χ1) is 12.1. The molecule has 1 fully saturated rings. The fourth-order valence-electron chi connectivity index (χ4n) is 3.00. The summed E-state index contributed by atoms with van der Waals surface area (Å²) in [4.78, 5) is 4.32. The number of rotatable bonds is 8. The van der Waals surface area contributed by atoms with Crippen molar-refractivity contribution < 1.29 is 9.47 Å². The summed E-state index contributed by atoms with van der Waals surface area (Å²) < 4.78 is 11.0. The van der Waals surface area contributed by atoms with Gasteiger partial charge in [-0.1, -0.05) is 6.07 Å². The number of guanidine groups is 1. The maximum absolute atomic E-state index is 5.36. The van der Waals surface area contributed by atoms with E-state index in [2.05, 4.69) is 40.4 Å². The molecule has 0 amide bonds. The van der Waals surface area contributed by atoms with E-state index in [0.717, 1.165) is 43.4 Å². The Kier molecular flexibility index (Phi) is 10.5. The average molecular weight is 493 g/mol. The van der Waals surface area contributed by atoms with Gasteiger partial charge < -0.3 is 20.1 Å². The van der Waals surface area contributed by atoms with Crippen molar-refractivity contribution >= 4 is 41.7 Å². The first kappa shape index (κ1) is 23.2. The third-order valence-electron chi connectivity index (χ3n) is 4.54. The number of methoxy groups -OCH3 is 2. The highest BCUT2D eigenvalue weighted by Gasteiger charge is 2.29. The minimum absolute atomic E-state index is 0. The summed E-state index contributed by atoms with van der Waals surface area (Å²) in [5.41, 5.74) is 1.25. The van der Waals surface area contributed by atoms with Gasteiger partial charge in [0.1, 0.15) is 0 Å². The Bertz CT molecular complexity index is 578. The third kappa shape index (κ3) is 7.06. The van der Waals surface area contributed by atoms with E-state index in [-0.39, 0.29) is 24.0 Å². The molecule has 1 aromatic carbocycles. The molecule has 1 heterocycles. The fraction of sp³-hybridized carbons (Fsp3) is 0.632. The summed E-state index contributed by atoms with van der Waals surface area (Å²) in [7, 11) is 5.15. The molecule has 1 aliphatic rings. The summed E-state index contributed by atoms with van der Waals surface area (Å²) >= 11 is 2.06. The van der Waals surface area contributed by atoms with Crippen molar-refractivity contribution in [2.75, 3.05) is 40.1 Å². The minimum Gasteiger partial charge on any atom is -0.493 e. The quantitative estimate of drug-likeness (QED) is 0.250. The summed E-state index contributed by atoms with van der Waals surface area (Å²) in [6.07, 6.45) is 4.61. The van der Waals surface area contributed by atoms with Gasteiger partial charge in [0.25, 0.3) is 0 Å². The van der Waals surface area contributed by atoms with Crippen molar-refractivity contribution in [2.45, 2.75) is 37.4 Å². The summed E-state index contributed by atoms with van der Waals surface area (Å²) in [5, 5.41) is 6.87. The number of halogens is 1. The van der Waals surface area contributed by atoms with E-state index in [0.29, 0.717) is 4.75 Å². The molecule has 0 aliphatic carbocycles. The number of ether oxygens (including phenoxy) is 2. The van der Waals surface area contributed by atoms with Crippen LogP contribution in [-0.4, -0.2) is 50.8 Å². The highest BCUT2D eigenvalue weighted by atomic mass is 127. The molecule has 1 atom stereocenters. The molecule has 1 saturated heterocycles. The predicted molar refractivity (Wildman–Crippen MR) is 123 cm³/mol. The van der Waals surface area contributed by atoms with Gasteiger partial charge in [-0.2, -0.15) is 11.8 Å². The standard InChI is InChI=1S/C19H31N3O2S.HI/c1-19(10-6-12-25-19)14-22-18(20-2)21-11-5-7-15-8-9-16(23-3)17(13-15)24-4;/h8-9,13H,5-7,10-12,14H2,1-4H3,(H2,20,21,22);1H. The summed E-state index contributed by atoms with van der Waals surface area (Å²) in [5.74, 6) is 3.72. The van der Waals surface area contributed by atoms with Crippen molar-refractivity contribution in [3.05, 3.63) is 23.8 Å². The molecule has 1 unspecified atom stereocenters. The lowest BCUT2D eigenvalue weighted by Gasteiger charge is -2.24. The Labute approximate surface area is 179 Å². The molecule has 0 spiro atoms. The van der Waals surface area contributed by atoms with Crippen LogP contribution in [0, 0.1) is 0 Å². The van der Waals surface area contributed by atoms with E-state index in [9.17, 15) is 0 Å². The van der Waals surface area contributed by atoms with Gasteiger partial charge in [-0.3, -0.25) is 4.99 Å². The topological polar surface area (TPSA) is 54.9 Å². The molecule has 0 saturated carbocycles. The number of nitrogens with zero attached hydrogens (tertiary/aromatic N) is 1. The lowest BCUT2D eigenvalue weighted by molar-refractivity contribution is 0.354. The maximum atomic E-state index is 5.36. The van der Waals surface area contributed by atoms with E-state index in [1.807, 2.05) is 19.2 Å². The van der Waals surface area contributed by atoms with Gasteiger partial charge in [0, 0.05) is 24.9 Å². The van der Waals surface area contributed by atoms with Gasteiger partial charge in [0.05, 0.1) is 14.2 Å². The molecule has 1 aromatic rings. The van der Waals surface area contributed by atoms with Gasteiger partial charge in [-0.15, -0.1) is 24.0 Å². The summed E-state index contributed by atoms with van der Waals surface area (Å²) in [6, 6.07) is 6.10. The number of aliphatic imine (C=N–C) groups is 1. The number of aryl methyl sites for hydroxylation is 1. The Morgan fingerprint density at radius 2 is 2.00 bits per heavy atom. The van der Waals surface area contributed by atoms with E-state index >= 15 is 0 Å². The van der Waals surface area contributed by atoms with Gasteiger partial charge in [0.2, 0.25) is 0 Å². The Morgan fingerprint density at radius 1 is 1.23 bits per heavy atom. The van der Waals surface area contributed by atoms with Gasteiger partial charge in [-0.05, 0) is 56.1 Å². The molecule has 2 N–H and O–H groups in total. The number of hydrogen-bond donors (Lipinski definition) is 2. The van der Waals surface area contributed by atoms with Crippen LogP contribution in [0.2, 0.25) is 0 Å². The maximum Gasteiger partial charge on any atom is 0.191 e. The lowest BCUT2D eigenvalue weighted by atomic mass is 10.1. The molecule has 5 nitrogen and oxygen atoms in total. The first-order valence-electron chi connectivity index (χ1n) is 8.89. The normalized spacial score (nSPS) is 19.6. The zero-order valence-electron chi connectivity index (χ0n) is 16.3. The van der Waals surface area contributed by atoms with E-state index in [4.69, 9.17) is 9.47 Å². The Hall–Kier alpha value is -0.830. The number of nitrogens with one attached hydrogen (secondary N) is 2. The molecule has 148 valence electrons. The van der Waals surface area contributed by atoms with Crippen LogP contribution in [0.3, 0.4) is 0 Å². The van der Waals surface area contributed by atoms with Crippen LogP contribution in [0.15, 0.2) is 23.2 Å². The molecule has 0 bridgehead atoms. The minimum atomic E-state index is 0. The molecule has 1 aliphatic heterocycles. The highest BCUT2D eigenvalue weighted by Crippen LogP contribution is 2.36. The van der Waals surface area contributed by atoms with Crippen LogP contribution in [0.25, 0.3) is 0 Å². The zero-order chi connectivity index (χ0) is 18.1. The molecule has 0 aromatic heterocycles. The molecule has 26 heavy (non-hydrogen) atoms. The predicted octanol–water partition coefficient (Wildman–Crippen LogP) is 3.71. The van der Waals surface area contributed by atoms with Crippen LogP contribution in [0.4, 0.5) is 0 Å². The SMILES string of the molecule is CN=C(NCCCc1ccc(OC)c(OC)c1)NCC1(C)CCCS1.I. The fourth-order valence-corrected chi connectivity index (χ4v) is 4.25. The van der Waals surface area contributed by atoms with Gasteiger partial charge in [-0.25, -0.2) is 0 Å². The molecular weight excluding hydrogens is 461 g/mol. The largest absolute Gasteiger partial charge is 0.493 e. The lowest BCUT2D eigenvalue weighted by Crippen LogP contribution is -2.43. The first-order valence-corrected chi connectivity index (χ1v) is 9.88. The van der Waals surface area contributed by atoms with Crippen LogP contribution < -0.4 is 20.1 Å². The van der Waals surface area contributed by atoms with Crippen LogP contribution in [0.1, 0.15) is 31.7 Å². The number of benzene rings is 1. The third-order valence-corrected chi connectivity index (χ3v) is 6.07. The second-order valence-electron chi connectivity index (χ2n) is 6.55. The Morgan fingerprint density at radius 3 is 2.62 bits per heavy atom. The van der Waals surface area contributed by atoms with Crippen LogP contribution in [-0.2, 0) is 6.42 Å². The van der Waals surface area contributed by atoms with E-state index in [1.54, 1.807) is 14.2 Å². The summed E-state index contributed by atoms with van der Waals surface area (Å²) in [6.45, 7) is 4.19. The number of hydrogen-bond acceptors (Lipinski definition) is 4. The van der Waals surface area contributed by atoms with Crippen LogP contribution in [0.5, 0.6) is 11.5 Å². The van der Waals surface area contributed by atoms with Crippen molar-refractivity contribution in [1.82, 2.24) is 10.6 Å². The van der Waals surface area contributed by atoms with E-state index < -0.39 is 0 Å². The monoisotopic (exact) mass is 493 g/mol. The van der Waals surface area contributed by atoms with Gasteiger partial charge in [0.15, 0.2) is 17.5 Å². The van der Waals surface area contributed by atoms with Crippen molar-refractivity contribution in [2.24, 2.45) is 4.99 Å². The Balaban J connectivity index is 0.00000338. The van der Waals surface area contributed by atoms with Crippen molar-refractivity contribution in [3.8, 4) is 11.5 Å². The van der Waals surface area contributed by atoms with Crippen LogP contribution >= 0.6 is 35.7 Å². The second-order valence-corrected chi connectivity index (χ2v) is 8.23.